The summed E-state index contributed by atoms with van der Waals surface area (Å²) in [6.45, 7) is 5.73. The number of aromatic hydroxyl groups is 1. The van der Waals surface area contributed by atoms with Crippen molar-refractivity contribution in [2.24, 2.45) is 5.73 Å². The summed E-state index contributed by atoms with van der Waals surface area (Å²) in [5.74, 6) is 0.202. The molecule has 0 saturated heterocycles. The van der Waals surface area contributed by atoms with E-state index in [0.717, 1.165) is 5.56 Å². The monoisotopic (exact) mass is 223 g/mol. The second kappa shape index (κ2) is 7.88. The highest BCUT2D eigenvalue weighted by molar-refractivity contribution is 5.81. The van der Waals surface area contributed by atoms with Gasteiger partial charge >= 0.3 is 0 Å². The van der Waals surface area contributed by atoms with Crippen LogP contribution in [-0.2, 0) is 11.2 Å². The van der Waals surface area contributed by atoms with Crippen molar-refractivity contribution in [3.8, 4) is 5.75 Å². The van der Waals surface area contributed by atoms with Crippen LogP contribution in [0, 0.1) is 0 Å². The molecule has 0 aromatic heterocycles. The number of carbonyl (C=O) groups is 1. The molecule has 3 nitrogen and oxygen atoms in total. The number of Topliss-reactive ketones (excluding diaryl/α,β-unsaturated/α-hetero) is 1. The van der Waals surface area contributed by atoms with Crippen LogP contribution >= 0.6 is 0 Å². The topological polar surface area (TPSA) is 63.3 Å². The van der Waals surface area contributed by atoms with Gasteiger partial charge in [-0.2, -0.15) is 0 Å². The molecule has 1 rings (SSSR count). The third-order valence-corrected chi connectivity index (χ3v) is 1.91. The molecule has 0 radical (unpaired) electrons. The lowest BCUT2D eigenvalue weighted by atomic mass is 10.0. The standard InChI is InChI=1S/C10H13NO2.C3H8/c1-7(12)10(11)6-8-2-4-9(13)5-3-8;1-3-2/h2-5,10,13H,6,11H2,1H3;3H2,1-2H3. The van der Waals surface area contributed by atoms with Gasteiger partial charge in [-0.3, -0.25) is 4.79 Å². The Morgan fingerprint density at radius 2 is 1.75 bits per heavy atom. The molecule has 0 aliphatic carbocycles. The fourth-order valence-electron chi connectivity index (χ4n) is 1.03. The van der Waals surface area contributed by atoms with Gasteiger partial charge in [-0.25, -0.2) is 0 Å². The number of nitrogens with two attached hydrogens (primary N) is 1. The molecule has 0 aliphatic rings. The van der Waals surface area contributed by atoms with E-state index < -0.39 is 6.04 Å². The van der Waals surface area contributed by atoms with E-state index in [0.29, 0.717) is 6.42 Å². The zero-order chi connectivity index (χ0) is 12.6. The van der Waals surface area contributed by atoms with E-state index in [-0.39, 0.29) is 11.5 Å². The lowest BCUT2D eigenvalue weighted by molar-refractivity contribution is -0.118. The number of phenolic OH excluding ortho intramolecular Hbond substituents is 1. The van der Waals surface area contributed by atoms with Gasteiger partial charge in [0.25, 0.3) is 0 Å². The van der Waals surface area contributed by atoms with Crippen LogP contribution in [0.3, 0.4) is 0 Å². The Morgan fingerprint density at radius 1 is 1.31 bits per heavy atom. The number of ketones is 1. The normalized spacial score (nSPS) is 11.2. The van der Waals surface area contributed by atoms with Gasteiger partial charge in [-0.15, -0.1) is 0 Å². The molecular weight excluding hydrogens is 202 g/mol. The Balaban J connectivity index is 0.000000673. The van der Waals surface area contributed by atoms with E-state index in [1.54, 1.807) is 24.3 Å². The van der Waals surface area contributed by atoms with Gasteiger partial charge in [0.05, 0.1) is 6.04 Å². The molecule has 1 atom stereocenters. The first-order chi connectivity index (χ1) is 7.51. The Kier molecular flexibility index (Phi) is 7.21. The Labute approximate surface area is 97.3 Å². The van der Waals surface area contributed by atoms with Crippen molar-refractivity contribution in [2.45, 2.75) is 39.7 Å². The van der Waals surface area contributed by atoms with E-state index in [1.165, 1.54) is 13.3 Å². The molecule has 16 heavy (non-hydrogen) atoms. The van der Waals surface area contributed by atoms with E-state index >= 15 is 0 Å². The molecule has 0 heterocycles. The lowest BCUT2D eigenvalue weighted by Crippen LogP contribution is -2.30. The van der Waals surface area contributed by atoms with Gasteiger partial charge in [0, 0.05) is 0 Å². The number of hydrogen-bond acceptors (Lipinski definition) is 3. The molecule has 3 heteroatoms. The lowest BCUT2D eigenvalue weighted by Gasteiger charge is -2.07. The first-order valence-electron chi connectivity index (χ1n) is 5.55. The maximum absolute atomic E-state index is 10.8. The summed E-state index contributed by atoms with van der Waals surface area (Å²) in [6.07, 6.45) is 1.77. The van der Waals surface area contributed by atoms with E-state index in [4.69, 9.17) is 10.8 Å². The van der Waals surface area contributed by atoms with Crippen LogP contribution in [0.2, 0.25) is 0 Å². The maximum atomic E-state index is 10.8. The summed E-state index contributed by atoms with van der Waals surface area (Å²) >= 11 is 0. The predicted octanol–water partition coefficient (Wildman–Crippen LogP) is 2.27. The zero-order valence-electron chi connectivity index (χ0n) is 10.2. The van der Waals surface area contributed by atoms with Crippen LogP contribution in [0.1, 0.15) is 32.8 Å². The number of rotatable bonds is 3. The zero-order valence-corrected chi connectivity index (χ0v) is 10.2. The number of hydrogen-bond donors (Lipinski definition) is 2. The third-order valence-electron chi connectivity index (χ3n) is 1.91. The second-order valence-corrected chi connectivity index (χ2v) is 3.79. The van der Waals surface area contributed by atoms with Crippen molar-refractivity contribution in [1.29, 1.82) is 0 Å². The molecular formula is C13H21NO2. The molecule has 0 amide bonds. The van der Waals surface area contributed by atoms with Gasteiger partial charge in [-0.05, 0) is 31.0 Å². The van der Waals surface area contributed by atoms with Gasteiger partial charge in [0.1, 0.15) is 11.5 Å². The Bertz CT molecular complexity index is 306. The summed E-state index contributed by atoms with van der Waals surface area (Å²) in [5.41, 5.74) is 6.53. The van der Waals surface area contributed by atoms with Gasteiger partial charge in [0.15, 0.2) is 0 Å². The number of benzene rings is 1. The van der Waals surface area contributed by atoms with Crippen LogP contribution < -0.4 is 5.73 Å². The van der Waals surface area contributed by atoms with Gasteiger partial charge in [-0.1, -0.05) is 32.4 Å². The van der Waals surface area contributed by atoms with Crippen molar-refractivity contribution in [3.63, 3.8) is 0 Å². The predicted molar refractivity (Wildman–Crippen MR) is 66.4 cm³/mol. The minimum Gasteiger partial charge on any atom is -0.508 e. The fourth-order valence-corrected chi connectivity index (χ4v) is 1.03. The number of phenols is 1. The Morgan fingerprint density at radius 3 is 2.12 bits per heavy atom. The number of carbonyl (C=O) groups excluding carboxylic acids is 1. The van der Waals surface area contributed by atoms with E-state index in [1.807, 2.05) is 0 Å². The van der Waals surface area contributed by atoms with Crippen molar-refractivity contribution >= 4 is 5.78 Å². The molecule has 1 unspecified atom stereocenters. The first-order valence-corrected chi connectivity index (χ1v) is 5.55. The largest absolute Gasteiger partial charge is 0.508 e. The fraction of sp³-hybridized carbons (Fsp3) is 0.462. The summed E-state index contributed by atoms with van der Waals surface area (Å²) in [5, 5.41) is 9.00. The molecule has 90 valence electrons. The minimum absolute atomic E-state index is 0.0203. The average Bonchev–Trinajstić information content (AvgIpc) is 2.22. The highest BCUT2D eigenvalue weighted by Gasteiger charge is 2.08. The molecule has 0 fully saturated rings. The minimum atomic E-state index is -0.440. The van der Waals surface area contributed by atoms with Crippen LogP contribution in [0.25, 0.3) is 0 Å². The van der Waals surface area contributed by atoms with E-state index in [2.05, 4.69) is 13.8 Å². The van der Waals surface area contributed by atoms with Crippen molar-refractivity contribution < 1.29 is 9.90 Å². The van der Waals surface area contributed by atoms with Crippen LogP contribution in [0.4, 0.5) is 0 Å². The van der Waals surface area contributed by atoms with Gasteiger partial charge < -0.3 is 10.8 Å². The molecule has 0 bridgehead atoms. The van der Waals surface area contributed by atoms with Crippen molar-refractivity contribution in [2.75, 3.05) is 0 Å². The highest BCUT2D eigenvalue weighted by atomic mass is 16.3. The molecule has 0 aliphatic heterocycles. The van der Waals surface area contributed by atoms with Crippen molar-refractivity contribution in [3.05, 3.63) is 29.8 Å². The van der Waals surface area contributed by atoms with Crippen LogP contribution in [0.15, 0.2) is 24.3 Å². The molecule has 0 saturated carbocycles. The molecule has 1 aromatic carbocycles. The maximum Gasteiger partial charge on any atom is 0.146 e. The SMILES string of the molecule is CC(=O)C(N)Cc1ccc(O)cc1.CCC. The molecule has 3 N–H and O–H groups in total. The second-order valence-electron chi connectivity index (χ2n) is 3.79. The van der Waals surface area contributed by atoms with Gasteiger partial charge in [0.2, 0.25) is 0 Å². The third kappa shape index (κ3) is 6.19. The quantitative estimate of drug-likeness (QED) is 0.826. The van der Waals surface area contributed by atoms with Crippen molar-refractivity contribution in [1.82, 2.24) is 0 Å². The first kappa shape index (κ1) is 14.6. The van der Waals surface area contributed by atoms with E-state index in [9.17, 15) is 4.79 Å². The highest BCUT2D eigenvalue weighted by Crippen LogP contribution is 2.10. The van der Waals surface area contributed by atoms with Crippen LogP contribution in [0.5, 0.6) is 5.75 Å². The summed E-state index contributed by atoms with van der Waals surface area (Å²) < 4.78 is 0. The molecule has 1 aromatic rings. The molecule has 0 spiro atoms. The summed E-state index contributed by atoms with van der Waals surface area (Å²) in [4.78, 5) is 10.8. The van der Waals surface area contributed by atoms with Crippen LogP contribution in [-0.4, -0.2) is 16.9 Å². The smallest absolute Gasteiger partial charge is 0.146 e. The Hall–Kier alpha value is -1.35. The summed E-state index contributed by atoms with van der Waals surface area (Å²) in [7, 11) is 0. The summed E-state index contributed by atoms with van der Waals surface area (Å²) in [6, 6.07) is 6.25. The average molecular weight is 223 g/mol.